The molecule has 1 atom stereocenters. The van der Waals surface area contributed by atoms with Gasteiger partial charge in [0, 0.05) is 22.6 Å². The smallest absolute Gasteiger partial charge is 0.326 e. The van der Waals surface area contributed by atoms with Crippen molar-refractivity contribution in [2.24, 2.45) is 0 Å². The summed E-state index contributed by atoms with van der Waals surface area (Å²) in [5, 5.41) is 15.7. The third kappa shape index (κ3) is 10.2. The second kappa shape index (κ2) is 17.2. The van der Waals surface area contributed by atoms with Gasteiger partial charge in [0.25, 0.3) is 11.8 Å². The van der Waals surface area contributed by atoms with Gasteiger partial charge >= 0.3 is 5.97 Å². The molecule has 0 aliphatic carbocycles. The zero-order chi connectivity index (χ0) is 39.0. The van der Waals surface area contributed by atoms with Gasteiger partial charge in [-0.3, -0.25) is 9.59 Å². The molecule has 55 heavy (non-hydrogen) atoms. The molecule has 0 saturated carbocycles. The number of carboxylic acids is 1. The number of carbonyl (C=O) groups excluding carboxylic acids is 2. The molecule has 3 N–H and O–H groups in total. The first-order valence-electron chi connectivity index (χ1n) is 17.8. The average Bonchev–Trinajstić information content (AvgIpc) is 3.18. The van der Waals surface area contributed by atoms with Crippen LogP contribution < -0.4 is 20.1 Å². The van der Waals surface area contributed by atoms with Gasteiger partial charge in [0.15, 0.2) is 0 Å². The molecular formula is C46H41ClN2O6. The van der Waals surface area contributed by atoms with Gasteiger partial charge < -0.3 is 25.2 Å². The molecule has 0 fully saturated rings. The Bertz CT molecular complexity index is 2270. The highest BCUT2D eigenvalue weighted by Crippen LogP contribution is 2.31. The van der Waals surface area contributed by atoms with E-state index in [1.165, 1.54) is 23.8 Å². The molecule has 6 aromatic rings. The van der Waals surface area contributed by atoms with Gasteiger partial charge in [0.1, 0.15) is 29.9 Å². The van der Waals surface area contributed by atoms with Gasteiger partial charge in [0.05, 0.1) is 11.3 Å². The number of amides is 2. The van der Waals surface area contributed by atoms with Crippen LogP contribution in [0.4, 0.5) is 5.69 Å². The molecule has 0 aromatic heterocycles. The van der Waals surface area contributed by atoms with Crippen LogP contribution in [0.3, 0.4) is 0 Å². The molecule has 0 aliphatic heterocycles. The third-order valence-electron chi connectivity index (χ3n) is 8.98. The number of anilines is 1. The minimum atomic E-state index is -1.27. The highest BCUT2D eigenvalue weighted by molar-refractivity contribution is 6.31. The Labute approximate surface area is 325 Å². The van der Waals surface area contributed by atoms with E-state index in [2.05, 4.69) is 55.7 Å². The topological polar surface area (TPSA) is 114 Å². The normalized spacial score (nSPS) is 11.6. The average molecular weight is 753 g/mol. The molecule has 0 unspecified atom stereocenters. The van der Waals surface area contributed by atoms with E-state index < -0.39 is 23.8 Å². The fourth-order valence-corrected chi connectivity index (χ4v) is 6.06. The quantitative estimate of drug-likeness (QED) is 0.108. The lowest BCUT2D eigenvalue weighted by atomic mass is 9.87. The second-order valence-electron chi connectivity index (χ2n) is 14.1. The maximum Gasteiger partial charge on any atom is 0.326 e. The lowest BCUT2D eigenvalue weighted by molar-refractivity contribution is -0.139. The molecule has 278 valence electrons. The van der Waals surface area contributed by atoms with Crippen molar-refractivity contribution in [2.75, 3.05) is 5.32 Å². The first kappa shape index (κ1) is 38.3. The monoisotopic (exact) mass is 752 g/mol. The van der Waals surface area contributed by atoms with Crippen molar-refractivity contribution in [3.8, 4) is 28.4 Å². The summed E-state index contributed by atoms with van der Waals surface area (Å²) in [5.41, 5.74) is 5.41. The van der Waals surface area contributed by atoms with Crippen LogP contribution >= 0.6 is 11.6 Å². The Morgan fingerprint density at radius 3 is 2.02 bits per heavy atom. The number of carbonyl (C=O) groups is 3. The van der Waals surface area contributed by atoms with Crippen molar-refractivity contribution in [3.63, 3.8) is 0 Å². The fraction of sp³-hybridized carbons (Fsp3) is 0.152. The summed E-state index contributed by atoms with van der Waals surface area (Å²) in [7, 11) is 0. The lowest BCUT2D eigenvalue weighted by Crippen LogP contribution is -2.42. The van der Waals surface area contributed by atoms with Crippen LogP contribution in [0.5, 0.6) is 17.2 Å². The van der Waals surface area contributed by atoms with E-state index in [0.29, 0.717) is 29.2 Å². The summed E-state index contributed by atoms with van der Waals surface area (Å²) < 4.78 is 12.0. The molecule has 0 aliphatic rings. The van der Waals surface area contributed by atoms with Crippen molar-refractivity contribution >= 4 is 35.1 Å². The summed E-state index contributed by atoms with van der Waals surface area (Å²) in [6, 6.07) is 42.6. The fourth-order valence-electron chi connectivity index (χ4n) is 5.89. The Balaban J connectivity index is 1.10. The molecule has 0 saturated heterocycles. The van der Waals surface area contributed by atoms with Gasteiger partial charge in [-0.1, -0.05) is 117 Å². The molecule has 6 rings (SSSR count). The van der Waals surface area contributed by atoms with Crippen LogP contribution in [-0.4, -0.2) is 28.9 Å². The molecule has 0 heterocycles. The summed E-state index contributed by atoms with van der Waals surface area (Å²) in [6.45, 7) is 6.96. The standard InChI is InChI=1S/C46H41ClN2O6/c1-46(2,3)34-21-15-31(16-22-34)29-54-42-12-8-7-11-38(42)32-17-13-30(14-18-32)27-41(45(52)53)49-44(51)39-28-35(47)23-26-40(39)48-43(50)33-19-24-37(25-20-33)55-36-9-5-4-6-10-36/h4-26,28,41H,27,29H2,1-3H3,(H,48,50)(H,49,51)(H,52,53)/t41-/m0/s1. The van der Waals surface area contributed by atoms with E-state index in [1.54, 1.807) is 24.3 Å². The SMILES string of the molecule is CC(C)(C)c1ccc(COc2ccccc2-c2ccc(C[C@H](NC(=O)c3cc(Cl)ccc3NC(=O)c3ccc(Oc4ccccc4)cc3)C(=O)O)cc2)cc1. The Kier molecular flexibility index (Phi) is 12.0. The van der Waals surface area contributed by atoms with E-state index in [9.17, 15) is 19.5 Å². The Morgan fingerprint density at radius 1 is 0.709 bits per heavy atom. The van der Waals surface area contributed by atoms with Crippen molar-refractivity contribution in [3.05, 3.63) is 178 Å². The number of benzene rings is 6. The summed E-state index contributed by atoms with van der Waals surface area (Å²) >= 11 is 6.24. The molecule has 8 nitrogen and oxygen atoms in total. The summed E-state index contributed by atoms with van der Waals surface area (Å²) in [6.07, 6.45) is 0.0176. The van der Waals surface area contributed by atoms with E-state index in [-0.39, 0.29) is 28.1 Å². The number of ether oxygens (including phenoxy) is 2. The van der Waals surface area contributed by atoms with E-state index in [1.807, 2.05) is 78.9 Å². The Morgan fingerprint density at radius 2 is 1.35 bits per heavy atom. The minimum Gasteiger partial charge on any atom is -0.488 e. The van der Waals surface area contributed by atoms with Crippen LogP contribution in [0.15, 0.2) is 146 Å². The van der Waals surface area contributed by atoms with Gasteiger partial charge in [-0.25, -0.2) is 4.79 Å². The zero-order valence-electron chi connectivity index (χ0n) is 30.7. The van der Waals surface area contributed by atoms with Crippen LogP contribution in [0.1, 0.15) is 58.2 Å². The molecule has 0 radical (unpaired) electrons. The van der Waals surface area contributed by atoms with Gasteiger partial charge in [0.2, 0.25) is 0 Å². The third-order valence-corrected chi connectivity index (χ3v) is 9.21. The van der Waals surface area contributed by atoms with Crippen LogP contribution in [0.25, 0.3) is 11.1 Å². The van der Waals surface area contributed by atoms with Crippen molar-refractivity contribution in [1.82, 2.24) is 5.32 Å². The van der Waals surface area contributed by atoms with Crippen LogP contribution in [-0.2, 0) is 23.2 Å². The van der Waals surface area contributed by atoms with Crippen LogP contribution in [0, 0.1) is 0 Å². The van der Waals surface area contributed by atoms with Crippen molar-refractivity contribution in [1.29, 1.82) is 0 Å². The Hall–Kier alpha value is -6.38. The van der Waals surface area contributed by atoms with Crippen molar-refractivity contribution < 1.29 is 29.0 Å². The molecule has 2 amide bonds. The number of para-hydroxylation sites is 2. The summed E-state index contributed by atoms with van der Waals surface area (Å²) in [4.78, 5) is 39.1. The lowest BCUT2D eigenvalue weighted by Gasteiger charge is -2.19. The number of rotatable bonds is 13. The highest BCUT2D eigenvalue weighted by atomic mass is 35.5. The number of nitrogens with one attached hydrogen (secondary N) is 2. The van der Waals surface area contributed by atoms with Gasteiger partial charge in [-0.15, -0.1) is 0 Å². The number of hydrogen-bond acceptors (Lipinski definition) is 5. The van der Waals surface area contributed by atoms with Crippen molar-refractivity contribution in [2.45, 2.75) is 45.3 Å². The molecule has 9 heteroatoms. The number of aliphatic carboxylic acids is 1. The van der Waals surface area contributed by atoms with E-state index in [4.69, 9.17) is 21.1 Å². The maximum absolute atomic E-state index is 13.5. The first-order chi connectivity index (χ1) is 26.4. The van der Waals surface area contributed by atoms with E-state index in [0.717, 1.165) is 22.4 Å². The predicted molar refractivity (Wildman–Crippen MR) is 216 cm³/mol. The number of halogens is 1. The molecular weight excluding hydrogens is 712 g/mol. The first-order valence-corrected chi connectivity index (χ1v) is 18.2. The van der Waals surface area contributed by atoms with E-state index >= 15 is 0 Å². The zero-order valence-corrected chi connectivity index (χ0v) is 31.5. The number of hydrogen-bond donors (Lipinski definition) is 3. The summed E-state index contributed by atoms with van der Waals surface area (Å²) in [5.74, 6) is -0.446. The second-order valence-corrected chi connectivity index (χ2v) is 14.5. The van der Waals surface area contributed by atoms with Gasteiger partial charge in [-0.05, 0) is 88.3 Å². The molecule has 0 bridgehead atoms. The molecule has 0 spiro atoms. The number of carboxylic acid groups (broad SMARTS) is 1. The van der Waals surface area contributed by atoms with Crippen LogP contribution in [0.2, 0.25) is 5.02 Å². The largest absolute Gasteiger partial charge is 0.488 e. The van der Waals surface area contributed by atoms with Gasteiger partial charge in [-0.2, -0.15) is 0 Å². The maximum atomic E-state index is 13.5. The highest BCUT2D eigenvalue weighted by Gasteiger charge is 2.24. The minimum absolute atomic E-state index is 0.0176. The predicted octanol–water partition coefficient (Wildman–Crippen LogP) is 10.4. The molecule has 6 aromatic carbocycles.